The average molecular weight is 383 g/mol. The van der Waals surface area contributed by atoms with Gasteiger partial charge in [-0.3, -0.25) is 4.90 Å². The zero-order valence-corrected chi connectivity index (χ0v) is 16.0. The normalized spacial score (nSPS) is 20.7. The second-order valence-corrected chi connectivity index (χ2v) is 9.22. The molecule has 0 bridgehead atoms. The predicted octanol–water partition coefficient (Wildman–Crippen LogP) is 2.12. The van der Waals surface area contributed by atoms with Crippen molar-refractivity contribution in [3.8, 4) is 0 Å². The van der Waals surface area contributed by atoms with E-state index in [1.807, 2.05) is 11.9 Å². The van der Waals surface area contributed by atoms with Crippen LogP contribution in [0.2, 0.25) is 0 Å². The summed E-state index contributed by atoms with van der Waals surface area (Å²) >= 11 is 0. The van der Waals surface area contributed by atoms with Gasteiger partial charge in [-0.05, 0) is 74.2 Å². The van der Waals surface area contributed by atoms with Gasteiger partial charge in [-0.2, -0.15) is 12.7 Å². The molecule has 8 heteroatoms. The molecule has 1 aromatic rings. The fourth-order valence-electron chi connectivity index (χ4n) is 4.41. The smallest absolute Gasteiger partial charge is 0.307 e. The minimum atomic E-state index is -3.83. The third-order valence-electron chi connectivity index (χ3n) is 5.62. The van der Waals surface area contributed by atoms with E-state index in [9.17, 15) is 13.2 Å². The van der Waals surface area contributed by atoms with E-state index in [2.05, 4.69) is 16.1 Å². The van der Waals surface area contributed by atoms with Gasteiger partial charge in [-0.25, -0.2) is 9.52 Å². The van der Waals surface area contributed by atoms with Crippen molar-refractivity contribution in [2.45, 2.75) is 44.9 Å². The maximum atomic E-state index is 12.5. The van der Waals surface area contributed by atoms with Crippen molar-refractivity contribution in [3.63, 3.8) is 0 Å². The summed E-state index contributed by atoms with van der Waals surface area (Å²) in [6.07, 6.45) is 6.91. The monoisotopic (exact) mass is 382 g/mol. The van der Waals surface area contributed by atoms with Crippen LogP contribution >= 0.6 is 0 Å². The number of nitrogens with zero attached hydrogens (tertiary/aromatic N) is 2. The lowest BCUT2D eigenvalue weighted by atomic mass is 9.99. The molecule has 2 amide bonds. The molecule has 0 aromatic heterocycles. The molecule has 146 valence electrons. The molecule has 0 spiro atoms. The highest BCUT2D eigenvalue weighted by molar-refractivity contribution is 7.87. The van der Waals surface area contributed by atoms with E-state index in [-0.39, 0.29) is 2.85 Å². The third-order valence-corrected chi connectivity index (χ3v) is 7.04. The minimum Gasteiger partial charge on any atom is -0.307 e. The Morgan fingerprint density at radius 1 is 1.04 bits per heavy atom. The van der Waals surface area contributed by atoms with E-state index < -0.39 is 16.2 Å². The summed E-state index contributed by atoms with van der Waals surface area (Å²) in [5, 5.41) is 2.88. The summed E-state index contributed by atoms with van der Waals surface area (Å²) in [6.45, 7) is 1.60. The number of fused-ring (bicyclic) bond motifs is 2. The highest BCUT2D eigenvalue weighted by Crippen LogP contribution is 2.38. The molecule has 1 aromatic carbocycles. The van der Waals surface area contributed by atoms with Crippen LogP contribution in [0, 0.1) is 0 Å². The van der Waals surface area contributed by atoms with Crippen molar-refractivity contribution in [3.05, 3.63) is 28.3 Å². The maximum absolute atomic E-state index is 12.5. The van der Waals surface area contributed by atoms with Gasteiger partial charge in [0.15, 0.2) is 0 Å². The molecular formula is C18H30N4O3S. The lowest BCUT2D eigenvalue weighted by Gasteiger charge is -2.32. The molecular weight excluding hydrogens is 352 g/mol. The van der Waals surface area contributed by atoms with Crippen LogP contribution in [-0.2, 0) is 35.9 Å². The summed E-state index contributed by atoms with van der Waals surface area (Å²) in [7, 11) is -1.96. The quantitative estimate of drug-likeness (QED) is 0.839. The first kappa shape index (κ1) is 17.8. The predicted molar refractivity (Wildman–Crippen MR) is 105 cm³/mol. The van der Waals surface area contributed by atoms with Gasteiger partial charge in [0.2, 0.25) is 0 Å². The highest BCUT2D eigenvalue weighted by Gasteiger charge is 2.29. The molecule has 2 aliphatic carbocycles. The summed E-state index contributed by atoms with van der Waals surface area (Å²) in [6, 6.07) is 1.63. The van der Waals surface area contributed by atoms with Gasteiger partial charge < -0.3 is 5.32 Å². The number of hydrogen-bond acceptors (Lipinski definition) is 4. The molecule has 1 fully saturated rings. The number of rotatable bonds is 3. The van der Waals surface area contributed by atoms with Crippen LogP contribution in [0.15, 0.2) is 6.07 Å². The standard InChI is InChI=1S/C18H26N4O3S.2H2/c1-21-9-4-10-22(12-21)26(24,25)20-18(23)19-17-15-7-2-5-13(15)11-14-6-3-8-16(14)17;;/h11H,2-10,12H2,1H3,(H2,19,20,23);2*1H. The van der Waals surface area contributed by atoms with Crippen LogP contribution in [-0.4, -0.2) is 50.5 Å². The molecule has 4 rings (SSSR count). The lowest BCUT2D eigenvalue weighted by Crippen LogP contribution is -2.52. The van der Waals surface area contributed by atoms with Crippen molar-refractivity contribution in [1.82, 2.24) is 13.9 Å². The number of benzene rings is 1. The fourth-order valence-corrected chi connectivity index (χ4v) is 5.54. The van der Waals surface area contributed by atoms with Gasteiger partial charge in [-0.1, -0.05) is 6.07 Å². The maximum Gasteiger partial charge on any atom is 0.333 e. The molecule has 26 heavy (non-hydrogen) atoms. The molecule has 2 N–H and O–H groups in total. The molecule has 0 radical (unpaired) electrons. The van der Waals surface area contributed by atoms with E-state index in [1.165, 1.54) is 26.6 Å². The molecule has 1 aliphatic heterocycles. The van der Waals surface area contributed by atoms with Crippen molar-refractivity contribution in [2.24, 2.45) is 0 Å². The highest BCUT2D eigenvalue weighted by atomic mass is 32.2. The number of aryl methyl sites for hydroxylation is 2. The summed E-state index contributed by atoms with van der Waals surface area (Å²) < 4.78 is 28.6. The van der Waals surface area contributed by atoms with Crippen molar-refractivity contribution >= 4 is 21.9 Å². The van der Waals surface area contributed by atoms with Gasteiger partial charge in [0, 0.05) is 21.6 Å². The molecule has 0 atom stereocenters. The Kier molecular flexibility index (Phi) is 4.66. The van der Waals surface area contributed by atoms with E-state index in [0.717, 1.165) is 57.2 Å². The largest absolute Gasteiger partial charge is 0.333 e. The number of amides is 2. The SMILES string of the molecule is CN1CCCN(S(=O)(=O)NC(=O)Nc2c3c(cc4c2CCC4)CCC3)C1.[HH].[HH]. The van der Waals surface area contributed by atoms with Crippen LogP contribution in [0.1, 0.15) is 44.4 Å². The van der Waals surface area contributed by atoms with Crippen molar-refractivity contribution < 1.29 is 16.1 Å². The second-order valence-electron chi connectivity index (χ2n) is 7.55. The summed E-state index contributed by atoms with van der Waals surface area (Å²) in [4.78, 5) is 14.4. The van der Waals surface area contributed by atoms with Gasteiger partial charge in [0.1, 0.15) is 0 Å². The van der Waals surface area contributed by atoms with Gasteiger partial charge in [0.05, 0.1) is 6.67 Å². The van der Waals surface area contributed by atoms with Crippen LogP contribution in [0.5, 0.6) is 0 Å². The Labute approximate surface area is 157 Å². The number of anilines is 1. The van der Waals surface area contributed by atoms with E-state index in [1.54, 1.807) is 0 Å². The Morgan fingerprint density at radius 3 is 2.31 bits per heavy atom. The number of carbonyl (C=O) groups excluding carboxylic acids is 1. The topological polar surface area (TPSA) is 81.8 Å². The van der Waals surface area contributed by atoms with Crippen LogP contribution < -0.4 is 10.0 Å². The number of urea groups is 1. The van der Waals surface area contributed by atoms with Crippen molar-refractivity contribution in [1.29, 1.82) is 0 Å². The average Bonchev–Trinajstić information content (AvgIpc) is 3.23. The van der Waals surface area contributed by atoms with Crippen molar-refractivity contribution in [2.75, 3.05) is 32.1 Å². The Hall–Kier alpha value is -1.64. The number of hydrogen-bond donors (Lipinski definition) is 2. The Morgan fingerprint density at radius 2 is 1.69 bits per heavy atom. The molecule has 0 unspecified atom stereocenters. The van der Waals surface area contributed by atoms with Gasteiger partial charge in [-0.15, -0.1) is 0 Å². The minimum absolute atomic E-state index is 0. The second kappa shape index (κ2) is 6.83. The summed E-state index contributed by atoms with van der Waals surface area (Å²) in [5.41, 5.74) is 5.85. The fraction of sp³-hybridized carbons (Fsp3) is 0.611. The molecule has 7 nitrogen and oxygen atoms in total. The lowest BCUT2D eigenvalue weighted by molar-refractivity contribution is 0.177. The number of carbonyl (C=O) groups is 1. The van der Waals surface area contributed by atoms with E-state index >= 15 is 0 Å². The van der Waals surface area contributed by atoms with Crippen LogP contribution in [0.25, 0.3) is 0 Å². The van der Waals surface area contributed by atoms with E-state index in [0.29, 0.717) is 13.2 Å². The number of nitrogens with one attached hydrogen (secondary N) is 2. The Balaban J connectivity index is 0.00000140. The molecule has 1 saturated heterocycles. The zero-order valence-electron chi connectivity index (χ0n) is 15.2. The van der Waals surface area contributed by atoms with Crippen LogP contribution in [0.4, 0.5) is 10.5 Å². The van der Waals surface area contributed by atoms with Crippen LogP contribution in [0.3, 0.4) is 0 Å². The molecule has 3 aliphatic rings. The first-order valence-corrected chi connectivity index (χ1v) is 10.8. The first-order chi connectivity index (χ1) is 12.4. The van der Waals surface area contributed by atoms with Gasteiger partial charge in [0.25, 0.3) is 0 Å². The first-order valence-electron chi connectivity index (χ1n) is 9.38. The third kappa shape index (κ3) is 3.33. The Bertz CT molecular complexity index is 815. The van der Waals surface area contributed by atoms with E-state index in [4.69, 9.17) is 0 Å². The zero-order chi connectivity index (χ0) is 18.3. The molecule has 1 heterocycles. The van der Waals surface area contributed by atoms with Gasteiger partial charge >= 0.3 is 16.2 Å². The molecule has 0 saturated carbocycles. The summed E-state index contributed by atoms with van der Waals surface area (Å²) in [5.74, 6) is 0.